The van der Waals surface area contributed by atoms with Gasteiger partial charge in [0.25, 0.3) is 0 Å². The van der Waals surface area contributed by atoms with Crippen LogP contribution in [0.25, 0.3) is 45.6 Å². The Morgan fingerprint density at radius 2 is 0.613 bits per heavy atom. The zero-order chi connectivity index (χ0) is 63.8. The van der Waals surface area contributed by atoms with Gasteiger partial charge in [0.2, 0.25) is 11.6 Å². The molecule has 0 amide bonds. The third-order valence-electron chi connectivity index (χ3n) is 15.0. The number of nitrogens with zero attached hydrogens (tertiary/aromatic N) is 6. The second kappa shape index (κ2) is 30.8. The third-order valence-corrected chi connectivity index (χ3v) is 22.0. The van der Waals surface area contributed by atoms with Crippen molar-refractivity contribution in [1.82, 2.24) is 29.9 Å². The molecule has 0 radical (unpaired) electrons. The molecule has 0 saturated heterocycles. The summed E-state index contributed by atoms with van der Waals surface area (Å²) in [5.41, 5.74) is 3.53. The van der Waals surface area contributed by atoms with E-state index in [-0.39, 0.29) is 17.4 Å². The maximum absolute atomic E-state index is 13.4. The van der Waals surface area contributed by atoms with Crippen molar-refractivity contribution in [3.05, 3.63) is 381 Å². The van der Waals surface area contributed by atoms with Crippen LogP contribution in [0.3, 0.4) is 0 Å². The molecule has 12 aromatic carbocycles. The Hall–Kier alpha value is -9.41. The smallest absolute Gasteiger partial charge is 0.230 e. The molecule has 0 aliphatic carbocycles. The van der Waals surface area contributed by atoms with Gasteiger partial charge in [0.05, 0.1) is 0 Å². The zero-order valence-electron chi connectivity index (χ0n) is 49.9. The Kier molecular flexibility index (Phi) is 21.1. The van der Waals surface area contributed by atoms with Gasteiger partial charge >= 0.3 is 0 Å². The molecule has 8 nitrogen and oxygen atoms in total. The number of ketones is 1. The highest BCUT2D eigenvalue weighted by molar-refractivity contribution is 9.11. The molecular formula is C80H57Br3N6O2P2. The van der Waals surface area contributed by atoms with Crippen LogP contribution in [0.15, 0.2) is 353 Å². The zero-order valence-corrected chi connectivity index (χ0v) is 56.4. The quantitative estimate of drug-likeness (QED) is 0.0797. The molecule has 1 unspecified atom stereocenters. The molecule has 0 saturated carbocycles. The number of carbonyl (C=O) groups excluding carboxylic acids is 1. The first kappa shape index (κ1) is 63.7. The van der Waals surface area contributed by atoms with Crippen molar-refractivity contribution in [2.24, 2.45) is 0 Å². The fourth-order valence-corrected chi connectivity index (χ4v) is 16.6. The topological polar surface area (TPSA) is 115 Å². The standard InChI is InChI=1S/C40H29BrN3OP.C22H14BrN3O.C18H14BrP/c41-32-27-25-31(26-28-32)40(45,39-43-37(29-15-5-1-6-16-29)42-38(44-39)30-17-7-2-8-18-30)35-23-13-14-24-36(35)46(33-19-9-3-10-20-33)34-21-11-4-12-22-34;23-18-13-11-15(12-14-18)19(27)22-25-20(16-7-3-1-4-8-16)24-21(26-22)17-9-5-2-6-10-17;19-17-13-7-8-14-18(17)20(15-9-3-1-4-10-15)16-11-5-2-6-12-16/h1-28,45H;1-14H;1-14H. The maximum atomic E-state index is 13.4. The van der Waals surface area contributed by atoms with Crippen molar-refractivity contribution in [1.29, 1.82) is 0 Å². The van der Waals surface area contributed by atoms with Crippen molar-refractivity contribution in [2.75, 3.05) is 0 Å². The molecule has 93 heavy (non-hydrogen) atoms. The molecule has 1 atom stereocenters. The molecule has 0 spiro atoms. The highest BCUT2D eigenvalue weighted by Crippen LogP contribution is 2.43. The Morgan fingerprint density at radius 1 is 0.312 bits per heavy atom. The summed E-state index contributed by atoms with van der Waals surface area (Å²) in [5.74, 6) is 2.09. The summed E-state index contributed by atoms with van der Waals surface area (Å²) in [7, 11) is -1.58. The Bertz CT molecular complexity index is 4540. The van der Waals surface area contributed by atoms with E-state index in [0.717, 1.165) is 42.1 Å². The lowest BCUT2D eigenvalue weighted by Crippen LogP contribution is -2.38. The third kappa shape index (κ3) is 15.4. The van der Waals surface area contributed by atoms with Gasteiger partial charge in [-0.2, -0.15) is 0 Å². The normalized spacial score (nSPS) is 11.5. The molecule has 14 rings (SSSR count). The fraction of sp³-hybridized carbons (Fsp3) is 0.0125. The average Bonchev–Trinajstić information content (AvgIpc) is 0.753. The lowest BCUT2D eigenvalue weighted by Gasteiger charge is -2.33. The predicted octanol–water partition coefficient (Wildman–Crippen LogP) is 17.4. The summed E-state index contributed by atoms with van der Waals surface area (Å²) in [6, 6.07) is 113. The molecule has 2 heterocycles. The van der Waals surface area contributed by atoms with Gasteiger partial charge in [0, 0.05) is 46.8 Å². The first-order valence-electron chi connectivity index (χ1n) is 29.9. The van der Waals surface area contributed by atoms with Crippen molar-refractivity contribution >= 4 is 101 Å². The minimum absolute atomic E-state index is 0.130. The van der Waals surface area contributed by atoms with E-state index in [2.05, 4.69) is 202 Å². The first-order chi connectivity index (χ1) is 45.7. The second-order valence-corrected chi connectivity index (χ2v) is 28.2. The molecular weight excluding hydrogens is 1380 g/mol. The summed E-state index contributed by atoms with van der Waals surface area (Å²) in [6.45, 7) is 0. The Morgan fingerprint density at radius 3 is 0.989 bits per heavy atom. The van der Waals surface area contributed by atoms with E-state index in [1.807, 2.05) is 188 Å². The van der Waals surface area contributed by atoms with Crippen molar-refractivity contribution in [2.45, 2.75) is 5.60 Å². The minimum atomic E-state index is -1.72. The summed E-state index contributed by atoms with van der Waals surface area (Å²) in [6.07, 6.45) is 0. The summed E-state index contributed by atoms with van der Waals surface area (Å²) in [5, 5.41) is 20.9. The summed E-state index contributed by atoms with van der Waals surface area (Å²) >= 11 is 10.7. The van der Waals surface area contributed by atoms with E-state index < -0.39 is 21.4 Å². The number of halogens is 3. The first-order valence-corrected chi connectivity index (χ1v) is 34.9. The van der Waals surface area contributed by atoms with E-state index >= 15 is 0 Å². The van der Waals surface area contributed by atoms with Crippen LogP contribution in [-0.2, 0) is 5.60 Å². The number of hydrogen-bond acceptors (Lipinski definition) is 8. The van der Waals surface area contributed by atoms with Crippen LogP contribution >= 0.6 is 63.6 Å². The molecule has 2 aromatic heterocycles. The fourth-order valence-electron chi connectivity index (χ4n) is 10.5. The number of aliphatic hydroxyl groups is 1. The average molecular weight is 1440 g/mol. The van der Waals surface area contributed by atoms with Crippen LogP contribution in [0.4, 0.5) is 0 Å². The summed E-state index contributed by atoms with van der Waals surface area (Å²) < 4.78 is 3.00. The van der Waals surface area contributed by atoms with Gasteiger partial charge in [-0.3, -0.25) is 4.79 Å². The van der Waals surface area contributed by atoms with Crippen molar-refractivity contribution < 1.29 is 9.90 Å². The molecule has 13 heteroatoms. The van der Waals surface area contributed by atoms with Crippen molar-refractivity contribution in [3.63, 3.8) is 0 Å². The molecule has 0 aliphatic rings. The van der Waals surface area contributed by atoms with Crippen LogP contribution in [-0.4, -0.2) is 40.8 Å². The van der Waals surface area contributed by atoms with Gasteiger partial charge in [-0.05, 0) is 95.7 Å². The van der Waals surface area contributed by atoms with Gasteiger partial charge in [0.1, 0.15) is 0 Å². The SMILES string of the molecule is Brc1ccccc1P(c1ccccc1)c1ccccc1.O=C(c1ccc(Br)cc1)c1nc(-c2ccccc2)nc(-c2ccccc2)n1.OC(c1ccc(Br)cc1)(c1nc(-c2ccccc2)nc(-c2ccccc2)n1)c1ccccc1P(c1ccccc1)c1ccccc1. The maximum Gasteiger partial charge on any atom is 0.230 e. The van der Waals surface area contributed by atoms with Crippen LogP contribution in [0.1, 0.15) is 33.1 Å². The van der Waals surface area contributed by atoms with Gasteiger partial charge < -0.3 is 5.11 Å². The van der Waals surface area contributed by atoms with E-state index in [0.29, 0.717) is 34.4 Å². The molecule has 0 fully saturated rings. The van der Waals surface area contributed by atoms with Gasteiger partial charge in [-0.25, -0.2) is 29.9 Å². The van der Waals surface area contributed by atoms with Gasteiger partial charge in [-0.15, -0.1) is 0 Å². The number of hydrogen-bond donors (Lipinski definition) is 1. The van der Waals surface area contributed by atoms with Crippen LogP contribution in [0.2, 0.25) is 0 Å². The van der Waals surface area contributed by atoms with Crippen molar-refractivity contribution in [3.8, 4) is 45.6 Å². The molecule has 450 valence electrons. The molecule has 0 bridgehead atoms. The largest absolute Gasteiger partial charge is 0.373 e. The predicted molar refractivity (Wildman–Crippen MR) is 393 cm³/mol. The number of rotatable bonds is 15. The van der Waals surface area contributed by atoms with E-state index in [1.54, 1.807) is 12.1 Å². The highest BCUT2D eigenvalue weighted by atomic mass is 79.9. The lowest BCUT2D eigenvalue weighted by atomic mass is 9.85. The van der Waals surface area contributed by atoms with E-state index in [9.17, 15) is 9.90 Å². The van der Waals surface area contributed by atoms with Crippen LogP contribution in [0, 0.1) is 0 Å². The van der Waals surface area contributed by atoms with E-state index in [4.69, 9.17) is 15.0 Å². The number of carbonyl (C=O) groups is 1. The van der Waals surface area contributed by atoms with Crippen LogP contribution in [0.5, 0.6) is 0 Å². The van der Waals surface area contributed by atoms with E-state index in [1.165, 1.54) is 31.0 Å². The molecule has 14 aromatic rings. The monoisotopic (exact) mass is 1430 g/mol. The molecule has 1 N–H and O–H groups in total. The Balaban J connectivity index is 0.000000149. The minimum Gasteiger partial charge on any atom is -0.373 e. The Labute approximate surface area is 569 Å². The van der Waals surface area contributed by atoms with Gasteiger partial charge in [0.15, 0.2) is 34.7 Å². The lowest BCUT2D eigenvalue weighted by molar-refractivity contribution is 0.102. The summed E-state index contributed by atoms with van der Waals surface area (Å²) in [4.78, 5) is 41.4. The number of aromatic nitrogens is 6. The van der Waals surface area contributed by atoms with Crippen LogP contribution < -0.4 is 31.8 Å². The van der Waals surface area contributed by atoms with Gasteiger partial charge in [-0.1, -0.05) is 345 Å². The molecule has 0 aliphatic heterocycles. The highest BCUT2D eigenvalue weighted by Gasteiger charge is 2.41. The number of benzene rings is 12. The second-order valence-electron chi connectivity index (χ2n) is 21.1.